The highest BCUT2D eigenvalue weighted by Crippen LogP contribution is 2.39. The Kier molecular flexibility index (Phi) is 12.5. The SMILES string of the molecule is C=C/C=C(OC1=CC=C(/C=C(\C=C)N=O)C(C)=C=C1)\C(=C1\C=CC(N=O)=CC1C)C(C)C(C#CCC)CC(=C)C. The van der Waals surface area contributed by atoms with Crippen LogP contribution in [0.1, 0.15) is 47.5 Å². The molecule has 0 aliphatic heterocycles. The fraction of sp³-hybridized carbons (Fsp3) is 0.286. The molecule has 0 saturated heterocycles. The minimum atomic E-state index is -0.0813. The summed E-state index contributed by atoms with van der Waals surface area (Å²) >= 11 is 0. The highest BCUT2D eigenvalue weighted by atomic mass is 16.5. The second-order valence-electron chi connectivity index (χ2n) is 9.74. The standard InChI is InChI=1S/C35H38N2O3/c1-9-12-14-29(21-24(4)5)27(8)35(33-20-17-31(37-39)22-26(33)7)34(13-10-2)40-32-18-15-25(6)28(16-19-32)23-30(11-3)36-38/h10-11,13,16-20,22-23,26-27,29H,2-4,9,21H2,1,5-8H3/b30-23+,34-13+,35-33-. The molecule has 0 bridgehead atoms. The van der Waals surface area contributed by atoms with E-state index in [1.54, 1.807) is 24.3 Å². The Hall–Kier alpha value is -4.52. The van der Waals surface area contributed by atoms with Gasteiger partial charge in [-0.05, 0) is 89.7 Å². The maximum Gasteiger partial charge on any atom is 0.135 e. The average Bonchev–Trinajstić information content (AvgIpc) is 3.10. The summed E-state index contributed by atoms with van der Waals surface area (Å²) in [6, 6.07) is 0. The average molecular weight is 535 g/mol. The van der Waals surface area contributed by atoms with Gasteiger partial charge in [0.05, 0.1) is 0 Å². The van der Waals surface area contributed by atoms with Crippen molar-refractivity contribution in [3.8, 4) is 11.8 Å². The fourth-order valence-corrected chi connectivity index (χ4v) is 4.44. The third-order valence-corrected chi connectivity index (χ3v) is 6.52. The van der Waals surface area contributed by atoms with E-state index in [-0.39, 0.29) is 23.5 Å². The molecule has 2 aliphatic carbocycles. The minimum absolute atomic E-state index is 0.00228. The molecule has 40 heavy (non-hydrogen) atoms. The molecule has 3 atom stereocenters. The minimum Gasteiger partial charge on any atom is -0.456 e. The molecule has 0 aromatic rings. The molecule has 0 fully saturated rings. The van der Waals surface area contributed by atoms with Crippen LogP contribution in [0.3, 0.4) is 0 Å². The quantitative estimate of drug-likeness (QED) is 0.0625. The van der Waals surface area contributed by atoms with Crippen LogP contribution in [-0.4, -0.2) is 0 Å². The van der Waals surface area contributed by atoms with Crippen LogP contribution >= 0.6 is 0 Å². The Labute approximate surface area is 238 Å². The van der Waals surface area contributed by atoms with Gasteiger partial charge in [0.1, 0.15) is 22.9 Å². The number of nitrogens with zero attached hydrogens (tertiary/aromatic N) is 2. The van der Waals surface area contributed by atoms with Crippen LogP contribution in [0.5, 0.6) is 0 Å². The van der Waals surface area contributed by atoms with Crippen LogP contribution in [-0.2, 0) is 4.74 Å². The summed E-state index contributed by atoms with van der Waals surface area (Å²) in [4.78, 5) is 22.3. The van der Waals surface area contributed by atoms with Gasteiger partial charge in [0.15, 0.2) is 0 Å². The van der Waals surface area contributed by atoms with Gasteiger partial charge in [-0.15, -0.1) is 28.0 Å². The van der Waals surface area contributed by atoms with Crippen molar-refractivity contribution in [3.63, 3.8) is 0 Å². The molecule has 5 heteroatoms. The van der Waals surface area contributed by atoms with E-state index in [0.717, 1.165) is 40.7 Å². The van der Waals surface area contributed by atoms with E-state index in [9.17, 15) is 9.81 Å². The highest BCUT2D eigenvalue weighted by Gasteiger charge is 2.28. The molecule has 0 amide bonds. The van der Waals surface area contributed by atoms with Crippen LogP contribution in [0.2, 0.25) is 0 Å². The van der Waals surface area contributed by atoms with Crippen LogP contribution in [0, 0.1) is 39.4 Å². The van der Waals surface area contributed by atoms with Crippen molar-refractivity contribution in [1.29, 1.82) is 0 Å². The van der Waals surface area contributed by atoms with Crippen molar-refractivity contribution in [1.82, 2.24) is 0 Å². The van der Waals surface area contributed by atoms with E-state index in [1.807, 2.05) is 58.1 Å². The maximum absolute atomic E-state index is 11.2. The van der Waals surface area contributed by atoms with Crippen LogP contribution < -0.4 is 0 Å². The summed E-state index contributed by atoms with van der Waals surface area (Å²) in [5.41, 5.74) is 8.45. The van der Waals surface area contributed by atoms with E-state index >= 15 is 0 Å². The second kappa shape index (κ2) is 15.8. The third kappa shape index (κ3) is 8.76. The predicted molar refractivity (Wildman–Crippen MR) is 166 cm³/mol. The lowest BCUT2D eigenvalue weighted by molar-refractivity contribution is 0.312. The molecule has 3 unspecified atom stereocenters. The van der Waals surface area contributed by atoms with E-state index in [1.165, 1.54) is 6.08 Å². The normalized spacial score (nSPS) is 19.8. The Morgan fingerprint density at radius 2 is 2.00 bits per heavy atom. The largest absolute Gasteiger partial charge is 0.456 e. The van der Waals surface area contributed by atoms with E-state index in [2.05, 4.69) is 54.6 Å². The number of ether oxygens (including phenoxy) is 1. The summed E-state index contributed by atoms with van der Waals surface area (Å²) in [7, 11) is 0. The lowest BCUT2D eigenvalue weighted by Gasteiger charge is -2.29. The Bertz CT molecular complexity index is 1390. The number of hydrogen-bond donors (Lipinski definition) is 0. The molecule has 0 spiro atoms. The first-order valence-electron chi connectivity index (χ1n) is 13.3. The highest BCUT2D eigenvalue weighted by molar-refractivity contribution is 5.50. The molecular formula is C35H38N2O3. The van der Waals surface area contributed by atoms with Crippen molar-refractivity contribution in [3.05, 3.63) is 147 Å². The van der Waals surface area contributed by atoms with Gasteiger partial charge >= 0.3 is 0 Å². The van der Waals surface area contributed by atoms with E-state index < -0.39 is 0 Å². The fourth-order valence-electron chi connectivity index (χ4n) is 4.44. The zero-order chi connectivity index (χ0) is 29.7. The molecule has 0 radical (unpaired) electrons. The molecule has 0 heterocycles. The van der Waals surface area contributed by atoms with Crippen molar-refractivity contribution in [2.45, 2.75) is 47.5 Å². The Morgan fingerprint density at radius 1 is 1.25 bits per heavy atom. The Morgan fingerprint density at radius 3 is 2.58 bits per heavy atom. The zero-order valence-electron chi connectivity index (χ0n) is 24.2. The Balaban J connectivity index is 2.71. The summed E-state index contributed by atoms with van der Waals surface area (Å²) in [6.45, 7) is 21.8. The van der Waals surface area contributed by atoms with Gasteiger partial charge in [-0.1, -0.05) is 63.7 Å². The molecule has 206 valence electrons. The molecule has 0 aromatic carbocycles. The monoisotopic (exact) mass is 534 g/mol. The predicted octanol–water partition coefficient (Wildman–Crippen LogP) is 9.62. The van der Waals surface area contributed by atoms with E-state index in [4.69, 9.17) is 4.74 Å². The van der Waals surface area contributed by atoms with Crippen molar-refractivity contribution < 1.29 is 4.74 Å². The lowest BCUT2D eigenvalue weighted by atomic mass is 9.77. The van der Waals surface area contributed by atoms with Crippen LogP contribution in [0.25, 0.3) is 0 Å². The van der Waals surface area contributed by atoms with Gasteiger partial charge in [-0.2, -0.15) is 0 Å². The molecule has 0 N–H and O–H groups in total. The van der Waals surface area contributed by atoms with Crippen molar-refractivity contribution in [2.24, 2.45) is 28.1 Å². The first kappa shape index (κ1) is 31.7. The topological polar surface area (TPSA) is 68.1 Å². The molecule has 0 aromatic heterocycles. The number of nitroso groups, excluding NO2 is 2. The van der Waals surface area contributed by atoms with Crippen molar-refractivity contribution >= 4 is 0 Å². The lowest BCUT2D eigenvalue weighted by Crippen LogP contribution is -2.19. The van der Waals surface area contributed by atoms with Crippen LogP contribution in [0.4, 0.5) is 0 Å². The van der Waals surface area contributed by atoms with Crippen molar-refractivity contribution in [2.75, 3.05) is 0 Å². The molecule has 5 nitrogen and oxygen atoms in total. The summed E-state index contributed by atoms with van der Waals surface area (Å²) in [5.74, 6) is 7.74. The summed E-state index contributed by atoms with van der Waals surface area (Å²) < 4.78 is 6.54. The first-order valence-corrected chi connectivity index (χ1v) is 13.3. The molecule has 2 rings (SSSR count). The molecular weight excluding hydrogens is 496 g/mol. The van der Waals surface area contributed by atoms with Crippen LogP contribution in [0.15, 0.2) is 147 Å². The summed E-state index contributed by atoms with van der Waals surface area (Å²) in [6.07, 6.45) is 19.0. The third-order valence-electron chi connectivity index (χ3n) is 6.52. The smallest absolute Gasteiger partial charge is 0.135 e. The zero-order valence-corrected chi connectivity index (χ0v) is 24.2. The first-order chi connectivity index (χ1) is 19.2. The molecule has 0 saturated carbocycles. The van der Waals surface area contributed by atoms with Gasteiger partial charge in [0.25, 0.3) is 0 Å². The maximum atomic E-state index is 11.2. The van der Waals surface area contributed by atoms with Gasteiger partial charge < -0.3 is 4.74 Å². The number of allylic oxidation sites excluding steroid dienone is 14. The van der Waals surface area contributed by atoms with Gasteiger partial charge in [-0.3, -0.25) is 0 Å². The molecule has 2 aliphatic rings. The van der Waals surface area contributed by atoms with Gasteiger partial charge in [0.2, 0.25) is 0 Å². The van der Waals surface area contributed by atoms with Gasteiger partial charge in [-0.25, -0.2) is 0 Å². The van der Waals surface area contributed by atoms with Gasteiger partial charge in [0, 0.05) is 29.9 Å². The second-order valence-corrected chi connectivity index (χ2v) is 9.74. The number of hydrogen-bond acceptors (Lipinski definition) is 5. The van der Waals surface area contributed by atoms with E-state index in [0.29, 0.717) is 17.2 Å². The number of rotatable bonds is 12. The summed E-state index contributed by atoms with van der Waals surface area (Å²) in [5, 5.41) is 6.12.